The Hall–Kier alpha value is -1.88. The summed E-state index contributed by atoms with van der Waals surface area (Å²) in [5.41, 5.74) is 1.04. The minimum atomic E-state index is -0.169. The van der Waals surface area contributed by atoms with Gasteiger partial charge in [0.05, 0.1) is 12.1 Å². The predicted octanol–water partition coefficient (Wildman–Crippen LogP) is 1.98. The summed E-state index contributed by atoms with van der Waals surface area (Å²) >= 11 is 0. The lowest BCUT2D eigenvalue weighted by molar-refractivity contribution is -0.134. The second-order valence-electron chi connectivity index (χ2n) is 7.63. The Balaban J connectivity index is 1.51. The van der Waals surface area contributed by atoms with Crippen LogP contribution in [0.3, 0.4) is 0 Å². The summed E-state index contributed by atoms with van der Waals surface area (Å²) < 4.78 is 0. The van der Waals surface area contributed by atoms with Crippen LogP contribution in [0.5, 0.6) is 0 Å². The lowest BCUT2D eigenvalue weighted by Crippen LogP contribution is -2.54. The first-order valence-corrected chi connectivity index (χ1v) is 9.30. The number of rotatable bonds is 5. The largest absolute Gasteiger partial charge is 0.349 e. The van der Waals surface area contributed by atoms with Crippen molar-refractivity contribution < 1.29 is 9.59 Å². The number of hydrogen-bond acceptors (Lipinski definition) is 3. The van der Waals surface area contributed by atoms with Crippen LogP contribution in [0.15, 0.2) is 30.3 Å². The maximum Gasteiger partial charge on any atom is 0.234 e. The van der Waals surface area contributed by atoms with Crippen molar-refractivity contribution in [2.45, 2.75) is 37.6 Å². The molecule has 1 saturated carbocycles. The van der Waals surface area contributed by atoms with E-state index in [1.807, 2.05) is 32.3 Å². The van der Waals surface area contributed by atoms with Gasteiger partial charge in [0.25, 0.3) is 0 Å². The van der Waals surface area contributed by atoms with Gasteiger partial charge in [-0.2, -0.15) is 0 Å². The number of likely N-dealkylation sites (tertiary alicyclic amines) is 1. The molecule has 0 bridgehead atoms. The van der Waals surface area contributed by atoms with Crippen molar-refractivity contribution in [3.05, 3.63) is 35.9 Å². The Kier molecular flexibility index (Phi) is 5.42. The summed E-state index contributed by atoms with van der Waals surface area (Å²) in [6.45, 7) is 2.06. The van der Waals surface area contributed by atoms with Crippen LogP contribution in [-0.4, -0.2) is 55.3 Å². The highest BCUT2D eigenvalue weighted by atomic mass is 16.2. The molecule has 136 valence electrons. The Labute approximate surface area is 150 Å². The molecule has 1 N–H and O–H groups in total. The average Bonchev–Trinajstić information content (AvgIpc) is 2.59. The first-order chi connectivity index (χ1) is 12.0. The Morgan fingerprint density at radius 1 is 1.16 bits per heavy atom. The van der Waals surface area contributed by atoms with Gasteiger partial charge in [-0.25, -0.2) is 0 Å². The van der Waals surface area contributed by atoms with E-state index in [9.17, 15) is 9.59 Å². The molecule has 2 amide bonds. The van der Waals surface area contributed by atoms with Crippen molar-refractivity contribution in [3.8, 4) is 0 Å². The first kappa shape index (κ1) is 17.9. The van der Waals surface area contributed by atoms with Crippen molar-refractivity contribution in [1.29, 1.82) is 0 Å². The molecule has 1 heterocycles. The number of carbonyl (C=O) groups is 2. The van der Waals surface area contributed by atoms with E-state index in [0.29, 0.717) is 6.54 Å². The minimum absolute atomic E-state index is 0.0981. The smallest absolute Gasteiger partial charge is 0.234 e. The molecule has 5 heteroatoms. The normalized spacial score (nSPS) is 20.6. The van der Waals surface area contributed by atoms with Crippen molar-refractivity contribution in [2.24, 2.45) is 5.92 Å². The van der Waals surface area contributed by atoms with Crippen molar-refractivity contribution in [1.82, 2.24) is 15.1 Å². The molecule has 1 saturated heterocycles. The molecule has 0 spiro atoms. The molecule has 0 aromatic heterocycles. The van der Waals surface area contributed by atoms with Gasteiger partial charge in [0.15, 0.2) is 0 Å². The topological polar surface area (TPSA) is 52.7 Å². The van der Waals surface area contributed by atoms with Crippen LogP contribution < -0.4 is 5.32 Å². The maximum atomic E-state index is 12.6. The molecule has 1 aromatic rings. The van der Waals surface area contributed by atoms with E-state index in [-0.39, 0.29) is 23.3 Å². The maximum absolute atomic E-state index is 12.6. The fraction of sp³-hybridized carbons (Fsp3) is 0.600. The zero-order chi connectivity index (χ0) is 17.9. The van der Waals surface area contributed by atoms with E-state index in [1.165, 1.54) is 5.56 Å². The molecule has 1 aromatic carbocycles. The molecule has 2 aliphatic rings. The van der Waals surface area contributed by atoms with Crippen LogP contribution in [0.1, 0.15) is 37.7 Å². The van der Waals surface area contributed by atoms with Gasteiger partial charge in [0.1, 0.15) is 0 Å². The fourth-order valence-corrected chi connectivity index (χ4v) is 3.99. The van der Waals surface area contributed by atoms with Crippen LogP contribution in [-0.2, 0) is 15.1 Å². The number of hydrogen-bond donors (Lipinski definition) is 1. The molecular weight excluding hydrogens is 314 g/mol. The highest BCUT2D eigenvalue weighted by molar-refractivity contribution is 5.80. The lowest BCUT2D eigenvalue weighted by Gasteiger charge is -2.43. The third kappa shape index (κ3) is 4.03. The van der Waals surface area contributed by atoms with Gasteiger partial charge in [0, 0.05) is 20.0 Å². The van der Waals surface area contributed by atoms with E-state index in [0.717, 1.165) is 45.2 Å². The monoisotopic (exact) mass is 343 g/mol. The molecule has 5 nitrogen and oxygen atoms in total. The van der Waals surface area contributed by atoms with Crippen LogP contribution in [0.2, 0.25) is 0 Å². The van der Waals surface area contributed by atoms with Crippen molar-refractivity contribution in [3.63, 3.8) is 0 Å². The standard InChI is InChI=1S/C20H29N3O2/c1-22(2)19(25)16-9-13-23(14-10-16)15-18(24)21-20(11-6-12-20)17-7-4-3-5-8-17/h3-5,7-8,16H,6,9-15H2,1-2H3,(H,21,24). The van der Waals surface area contributed by atoms with Crippen LogP contribution in [0, 0.1) is 5.92 Å². The predicted molar refractivity (Wildman–Crippen MR) is 98.0 cm³/mol. The molecule has 2 fully saturated rings. The molecule has 1 aliphatic heterocycles. The van der Waals surface area contributed by atoms with Gasteiger partial charge in [-0.1, -0.05) is 30.3 Å². The highest BCUT2D eigenvalue weighted by Crippen LogP contribution is 2.41. The van der Waals surface area contributed by atoms with Gasteiger partial charge in [0.2, 0.25) is 11.8 Å². The first-order valence-electron chi connectivity index (χ1n) is 9.30. The van der Waals surface area contributed by atoms with Gasteiger partial charge in [-0.3, -0.25) is 14.5 Å². The van der Waals surface area contributed by atoms with Gasteiger partial charge >= 0.3 is 0 Å². The van der Waals surface area contributed by atoms with Gasteiger partial charge in [-0.15, -0.1) is 0 Å². The van der Waals surface area contributed by atoms with Crippen molar-refractivity contribution in [2.75, 3.05) is 33.7 Å². The Morgan fingerprint density at radius 3 is 2.32 bits per heavy atom. The van der Waals surface area contributed by atoms with E-state index < -0.39 is 0 Å². The number of nitrogens with one attached hydrogen (secondary N) is 1. The zero-order valence-electron chi connectivity index (χ0n) is 15.3. The quantitative estimate of drug-likeness (QED) is 0.889. The van der Waals surface area contributed by atoms with E-state index in [2.05, 4.69) is 22.3 Å². The third-order valence-electron chi connectivity index (χ3n) is 5.66. The summed E-state index contributed by atoms with van der Waals surface area (Å²) in [4.78, 5) is 28.5. The number of amides is 2. The summed E-state index contributed by atoms with van der Waals surface area (Å²) in [7, 11) is 3.62. The minimum Gasteiger partial charge on any atom is -0.349 e. The van der Waals surface area contributed by atoms with Gasteiger partial charge < -0.3 is 10.2 Å². The second kappa shape index (κ2) is 7.56. The van der Waals surface area contributed by atoms with E-state index >= 15 is 0 Å². The molecule has 1 aliphatic carbocycles. The summed E-state index contributed by atoms with van der Waals surface area (Å²) in [6, 6.07) is 10.3. The van der Waals surface area contributed by atoms with Crippen LogP contribution in [0.25, 0.3) is 0 Å². The van der Waals surface area contributed by atoms with Crippen molar-refractivity contribution >= 4 is 11.8 Å². The van der Waals surface area contributed by atoms with Crippen LogP contribution in [0.4, 0.5) is 0 Å². The molecule has 0 atom stereocenters. The molecule has 3 rings (SSSR count). The Bertz CT molecular complexity index is 603. The molecule has 0 radical (unpaired) electrons. The highest BCUT2D eigenvalue weighted by Gasteiger charge is 2.40. The molecular formula is C20H29N3O2. The lowest BCUT2D eigenvalue weighted by atomic mass is 9.72. The fourth-order valence-electron chi connectivity index (χ4n) is 3.99. The molecule has 0 unspecified atom stereocenters. The number of benzene rings is 1. The Morgan fingerprint density at radius 2 is 1.80 bits per heavy atom. The molecule has 25 heavy (non-hydrogen) atoms. The summed E-state index contributed by atoms with van der Waals surface area (Å²) in [5.74, 6) is 0.416. The number of piperidine rings is 1. The van der Waals surface area contributed by atoms with E-state index in [4.69, 9.17) is 0 Å². The SMILES string of the molecule is CN(C)C(=O)C1CCN(CC(=O)NC2(c3ccccc3)CCC2)CC1. The van der Waals surface area contributed by atoms with Gasteiger partial charge in [-0.05, 0) is 50.8 Å². The third-order valence-corrected chi connectivity index (χ3v) is 5.66. The second-order valence-corrected chi connectivity index (χ2v) is 7.63. The van der Waals surface area contributed by atoms with Crippen LogP contribution >= 0.6 is 0 Å². The summed E-state index contributed by atoms with van der Waals surface area (Å²) in [5, 5.41) is 3.29. The van der Waals surface area contributed by atoms with E-state index in [1.54, 1.807) is 4.90 Å². The zero-order valence-corrected chi connectivity index (χ0v) is 15.3. The average molecular weight is 343 g/mol. The number of nitrogens with zero attached hydrogens (tertiary/aromatic N) is 2. The number of carbonyl (C=O) groups excluding carboxylic acids is 2. The summed E-state index contributed by atoms with van der Waals surface area (Å²) in [6.07, 6.45) is 4.87.